The van der Waals surface area contributed by atoms with Crippen LogP contribution in [0.2, 0.25) is 0 Å². The minimum Gasteiger partial charge on any atom is -0.468 e. The Balaban J connectivity index is 2.71. The van der Waals surface area contributed by atoms with Gasteiger partial charge < -0.3 is 10.1 Å². The summed E-state index contributed by atoms with van der Waals surface area (Å²) in [5.41, 5.74) is 0. The van der Waals surface area contributed by atoms with E-state index >= 15 is 0 Å². The number of nitrogens with one attached hydrogen (secondary N) is 2. The normalized spacial score (nSPS) is 24.7. The minimum atomic E-state index is -0.344. The predicted molar refractivity (Wildman–Crippen MR) is 73.6 cm³/mol. The van der Waals surface area contributed by atoms with Gasteiger partial charge in [-0.3, -0.25) is 14.9 Å². The van der Waals surface area contributed by atoms with Gasteiger partial charge in [-0.05, 0) is 18.3 Å². The number of hydrogen-bond acceptors (Lipinski definition) is 4. The van der Waals surface area contributed by atoms with Crippen LogP contribution in [-0.2, 0) is 14.3 Å². The number of methoxy groups -OCH3 is 1. The molecular formula is C14H26N2O3. The highest BCUT2D eigenvalue weighted by molar-refractivity contribution is 5.80. The van der Waals surface area contributed by atoms with E-state index in [0.717, 1.165) is 0 Å². The van der Waals surface area contributed by atoms with Crippen LogP contribution in [0.3, 0.4) is 0 Å². The lowest BCUT2D eigenvalue weighted by molar-refractivity contribution is -0.144. The summed E-state index contributed by atoms with van der Waals surface area (Å²) in [6, 6.07) is -0.272. The predicted octanol–water partition coefficient (Wildman–Crippen LogP) is 1.08. The summed E-state index contributed by atoms with van der Waals surface area (Å²) < 4.78 is 4.84. The van der Waals surface area contributed by atoms with E-state index in [1.807, 2.05) is 0 Å². The van der Waals surface area contributed by atoms with E-state index in [4.69, 9.17) is 4.74 Å². The standard InChI is InChI=1S/C14H26N2O3/c1-8(2)6-11(14(18)19-5)15-10-7-12(17)16-13(10)9(3)4/h8-11,13,15H,6-7H2,1-5H3,(H,16,17)/t10-,11-,13-/m0/s1. The molecule has 5 heteroatoms. The van der Waals surface area contributed by atoms with E-state index in [1.165, 1.54) is 7.11 Å². The summed E-state index contributed by atoms with van der Waals surface area (Å²) in [6.45, 7) is 8.27. The van der Waals surface area contributed by atoms with Gasteiger partial charge in [-0.2, -0.15) is 0 Å². The molecule has 5 nitrogen and oxygen atoms in total. The zero-order chi connectivity index (χ0) is 14.6. The fraction of sp³-hybridized carbons (Fsp3) is 0.857. The SMILES string of the molecule is COC(=O)[C@H](CC(C)C)N[C@H]1CC(=O)N[C@H]1C(C)C. The van der Waals surface area contributed by atoms with Crippen molar-refractivity contribution in [2.24, 2.45) is 11.8 Å². The first kappa shape index (κ1) is 16.0. The third kappa shape index (κ3) is 4.49. The van der Waals surface area contributed by atoms with E-state index in [-0.39, 0.29) is 30.0 Å². The highest BCUT2D eigenvalue weighted by atomic mass is 16.5. The van der Waals surface area contributed by atoms with E-state index in [1.54, 1.807) is 0 Å². The van der Waals surface area contributed by atoms with Crippen LogP contribution < -0.4 is 10.6 Å². The van der Waals surface area contributed by atoms with Crippen LogP contribution in [0.25, 0.3) is 0 Å². The first-order chi connectivity index (χ1) is 8.85. The van der Waals surface area contributed by atoms with Gasteiger partial charge in [0.25, 0.3) is 0 Å². The zero-order valence-corrected chi connectivity index (χ0v) is 12.5. The number of carbonyl (C=O) groups is 2. The Kier molecular flexibility index (Phi) is 5.79. The van der Waals surface area contributed by atoms with Crippen molar-refractivity contribution in [3.05, 3.63) is 0 Å². The Morgan fingerprint density at radius 2 is 2.05 bits per heavy atom. The van der Waals surface area contributed by atoms with Gasteiger partial charge in [0.05, 0.1) is 7.11 Å². The second-order valence-electron chi connectivity index (χ2n) is 6.02. The summed E-state index contributed by atoms with van der Waals surface area (Å²) in [5.74, 6) is 0.514. The van der Waals surface area contributed by atoms with Crippen molar-refractivity contribution in [1.82, 2.24) is 10.6 Å². The number of carbonyl (C=O) groups excluding carboxylic acids is 2. The molecule has 1 heterocycles. The third-order valence-corrected chi connectivity index (χ3v) is 3.49. The third-order valence-electron chi connectivity index (χ3n) is 3.49. The van der Waals surface area contributed by atoms with Gasteiger partial charge in [0.15, 0.2) is 0 Å². The Hall–Kier alpha value is -1.10. The molecule has 0 radical (unpaired) electrons. The van der Waals surface area contributed by atoms with Crippen LogP contribution in [0.15, 0.2) is 0 Å². The largest absolute Gasteiger partial charge is 0.468 e. The summed E-state index contributed by atoms with van der Waals surface area (Å²) in [5, 5.41) is 6.27. The molecule has 2 N–H and O–H groups in total. The van der Waals surface area contributed by atoms with Gasteiger partial charge in [-0.25, -0.2) is 0 Å². The van der Waals surface area contributed by atoms with Crippen molar-refractivity contribution in [2.75, 3.05) is 7.11 Å². The van der Waals surface area contributed by atoms with Crippen LogP contribution >= 0.6 is 0 Å². The van der Waals surface area contributed by atoms with Gasteiger partial charge in [0, 0.05) is 18.5 Å². The second kappa shape index (κ2) is 6.89. The molecule has 0 aliphatic carbocycles. The maximum absolute atomic E-state index is 11.8. The number of esters is 1. The van der Waals surface area contributed by atoms with Crippen molar-refractivity contribution < 1.29 is 14.3 Å². The molecule has 0 aromatic rings. The van der Waals surface area contributed by atoms with Crippen LogP contribution in [-0.4, -0.2) is 37.1 Å². The molecule has 1 aliphatic heterocycles. The van der Waals surface area contributed by atoms with Crippen LogP contribution in [0.4, 0.5) is 0 Å². The zero-order valence-electron chi connectivity index (χ0n) is 12.5. The molecule has 1 fully saturated rings. The number of ether oxygens (including phenoxy) is 1. The van der Waals surface area contributed by atoms with Crippen LogP contribution in [0, 0.1) is 11.8 Å². The molecule has 1 amide bonds. The quantitative estimate of drug-likeness (QED) is 0.709. The average molecular weight is 270 g/mol. The summed E-state index contributed by atoms with van der Waals surface area (Å²) in [7, 11) is 1.40. The molecule has 0 aromatic heterocycles. The molecule has 0 spiro atoms. The average Bonchev–Trinajstić information content (AvgIpc) is 2.68. The lowest BCUT2D eigenvalue weighted by Gasteiger charge is -2.27. The Labute approximate surface area is 115 Å². The van der Waals surface area contributed by atoms with Crippen molar-refractivity contribution in [1.29, 1.82) is 0 Å². The van der Waals surface area contributed by atoms with Gasteiger partial charge in [0.2, 0.25) is 5.91 Å². The molecule has 3 atom stereocenters. The first-order valence-corrected chi connectivity index (χ1v) is 6.98. The molecule has 1 rings (SSSR count). The summed E-state index contributed by atoms with van der Waals surface area (Å²) in [6.07, 6.45) is 1.14. The number of hydrogen-bond donors (Lipinski definition) is 2. The fourth-order valence-electron chi connectivity index (χ4n) is 2.57. The Morgan fingerprint density at radius 1 is 1.42 bits per heavy atom. The topological polar surface area (TPSA) is 67.4 Å². The molecule has 110 valence electrons. The lowest BCUT2D eigenvalue weighted by atomic mass is 9.95. The molecule has 0 saturated carbocycles. The smallest absolute Gasteiger partial charge is 0.322 e. The van der Waals surface area contributed by atoms with Gasteiger partial charge in [0.1, 0.15) is 6.04 Å². The van der Waals surface area contributed by atoms with Gasteiger partial charge >= 0.3 is 5.97 Å². The van der Waals surface area contributed by atoms with Gasteiger partial charge in [-0.1, -0.05) is 27.7 Å². The van der Waals surface area contributed by atoms with E-state index in [0.29, 0.717) is 24.7 Å². The summed E-state index contributed by atoms with van der Waals surface area (Å²) in [4.78, 5) is 23.3. The van der Waals surface area contributed by atoms with Crippen LogP contribution in [0.5, 0.6) is 0 Å². The monoisotopic (exact) mass is 270 g/mol. The minimum absolute atomic E-state index is 0.00431. The molecule has 0 bridgehead atoms. The number of amides is 1. The van der Waals surface area contributed by atoms with Crippen molar-refractivity contribution in [3.8, 4) is 0 Å². The molecule has 0 unspecified atom stereocenters. The fourth-order valence-corrected chi connectivity index (χ4v) is 2.57. The second-order valence-corrected chi connectivity index (χ2v) is 6.02. The molecule has 1 saturated heterocycles. The highest BCUT2D eigenvalue weighted by Gasteiger charge is 2.36. The van der Waals surface area contributed by atoms with Crippen molar-refractivity contribution in [3.63, 3.8) is 0 Å². The Bertz CT molecular complexity index is 329. The summed E-state index contributed by atoms with van der Waals surface area (Å²) >= 11 is 0. The highest BCUT2D eigenvalue weighted by Crippen LogP contribution is 2.18. The lowest BCUT2D eigenvalue weighted by Crippen LogP contribution is -2.51. The van der Waals surface area contributed by atoms with E-state index in [2.05, 4.69) is 38.3 Å². The Morgan fingerprint density at radius 3 is 2.53 bits per heavy atom. The first-order valence-electron chi connectivity index (χ1n) is 6.98. The molecular weight excluding hydrogens is 244 g/mol. The molecule has 19 heavy (non-hydrogen) atoms. The molecule has 1 aliphatic rings. The maximum Gasteiger partial charge on any atom is 0.322 e. The van der Waals surface area contributed by atoms with Crippen molar-refractivity contribution in [2.45, 2.75) is 58.7 Å². The number of rotatable bonds is 6. The van der Waals surface area contributed by atoms with Crippen LogP contribution in [0.1, 0.15) is 40.5 Å². The molecule has 0 aromatic carbocycles. The maximum atomic E-state index is 11.8. The van der Waals surface area contributed by atoms with Gasteiger partial charge in [-0.15, -0.1) is 0 Å². The van der Waals surface area contributed by atoms with E-state index < -0.39 is 0 Å². The van der Waals surface area contributed by atoms with E-state index in [9.17, 15) is 9.59 Å². The van der Waals surface area contributed by atoms with Crippen molar-refractivity contribution >= 4 is 11.9 Å².